The summed E-state index contributed by atoms with van der Waals surface area (Å²) < 4.78 is 58.9. The van der Waals surface area contributed by atoms with Crippen LogP contribution in [0, 0.1) is 6.92 Å². The van der Waals surface area contributed by atoms with Gasteiger partial charge >= 0.3 is 0 Å². The van der Waals surface area contributed by atoms with Gasteiger partial charge in [-0.15, -0.1) is 0 Å². The van der Waals surface area contributed by atoms with E-state index in [1.807, 2.05) is 37.3 Å². The van der Waals surface area contributed by atoms with Crippen LogP contribution in [0.3, 0.4) is 0 Å². The highest BCUT2D eigenvalue weighted by Crippen LogP contribution is 2.31. The molecule has 2 N–H and O–H groups in total. The predicted octanol–water partition coefficient (Wildman–Crippen LogP) is 3.28. The van der Waals surface area contributed by atoms with E-state index in [0.717, 1.165) is 17.0 Å². The number of benzene rings is 3. The van der Waals surface area contributed by atoms with Crippen molar-refractivity contribution in [3.63, 3.8) is 0 Å². The van der Waals surface area contributed by atoms with Crippen molar-refractivity contribution in [1.29, 1.82) is 0 Å². The first-order valence-corrected chi connectivity index (χ1v) is 15.0. The van der Waals surface area contributed by atoms with Crippen LogP contribution < -0.4 is 24.5 Å². The molecule has 10 nitrogen and oxygen atoms in total. The summed E-state index contributed by atoms with van der Waals surface area (Å²) in [5.41, 5.74) is 1.75. The van der Waals surface area contributed by atoms with Crippen LogP contribution in [-0.2, 0) is 25.9 Å². The first-order valence-electron chi connectivity index (χ1n) is 12.5. The summed E-state index contributed by atoms with van der Waals surface area (Å²) in [5, 5.41) is 0. The number of anilines is 1. The lowest BCUT2D eigenvalue weighted by Crippen LogP contribution is -2.48. The zero-order valence-corrected chi connectivity index (χ0v) is 23.6. The molecule has 12 heteroatoms. The minimum atomic E-state index is -3.93. The largest absolute Gasteiger partial charge is 0.495 e. The summed E-state index contributed by atoms with van der Waals surface area (Å²) >= 11 is -2.09. The molecule has 1 atom stereocenters. The second-order valence-electron chi connectivity index (χ2n) is 8.88. The fraction of sp³-hybridized carbons (Fsp3) is 0.333. The van der Waals surface area contributed by atoms with Crippen molar-refractivity contribution >= 4 is 26.8 Å². The van der Waals surface area contributed by atoms with Crippen molar-refractivity contribution in [2.45, 2.75) is 23.1 Å². The van der Waals surface area contributed by atoms with Crippen molar-refractivity contribution in [2.75, 3.05) is 51.4 Å². The van der Waals surface area contributed by atoms with E-state index in [1.165, 1.54) is 16.4 Å². The summed E-state index contributed by atoms with van der Waals surface area (Å²) in [7, 11) is -2.32. The molecule has 1 unspecified atom stereocenters. The number of nitrogens with two attached hydrogens (primary N) is 1. The van der Waals surface area contributed by atoms with Crippen molar-refractivity contribution in [2.24, 2.45) is 5.90 Å². The molecule has 3 aromatic carbocycles. The number of aryl methyl sites for hydroxylation is 1. The van der Waals surface area contributed by atoms with E-state index in [0.29, 0.717) is 44.2 Å². The molecule has 1 saturated heterocycles. The molecule has 0 saturated carbocycles. The van der Waals surface area contributed by atoms with E-state index in [1.54, 1.807) is 31.4 Å². The molecule has 0 aromatic heterocycles. The molecule has 0 aliphatic carbocycles. The maximum Gasteiger partial charge on any atom is 0.244 e. The van der Waals surface area contributed by atoms with Crippen LogP contribution in [0.15, 0.2) is 76.5 Å². The van der Waals surface area contributed by atoms with Gasteiger partial charge < -0.3 is 23.4 Å². The van der Waals surface area contributed by atoms with Crippen LogP contribution in [0.1, 0.15) is 12.0 Å². The Kier molecular flexibility index (Phi) is 9.81. The lowest BCUT2D eigenvalue weighted by molar-refractivity contribution is 0.122. The molecule has 210 valence electrons. The number of nitrogens with zero attached hydrogens (tertiary/aromatic N) is 2. The second kappa shape index (κ2) is 13.3. The number of ether oxygens (including phenoxy) is 2. The highest BCUT2D eigenvalue weighted by atomic mass is 32.2. The maximum atomic E-state index is 13.7. The Morgan fingerprint density at radius 1 is 0.923 bits per heavy atom. The van der Waals surface area contributed by atoms with Crippen LogP contribution in [0.25, 0.3) is 0 Å². The van der Waals surface area contributed by atoms with Crippen LogP contribution >= 0.6 is 0 Å². The molecule has 1 fully saturated rings. The van der Waals surface area contributed by atoms with Gasteiger partial charge in [-0.25, -0.2) is 18.5 Å². The van der Waals surface area contributed by atoms with Gasteiger partial charge in [0.2, 0.25) is 21.1 Å². The molecule has 1 aliphatic heterocycles. The Bertz CT molecular complexity index is 1390. The molecular weight excluding hydrogens is 542 g/mol. The topological polar surface area (TPSA) is 121 Å². The van der Waals surface area contributed by atoms with Crippen molar-refractivity contribution in [1.82, 2.24) is 4.31 Å². The normalized spacial score (nSPS) is 15.1. The van der Waals surface area contributed by atoms with Crippen LogP contribution in [0.4, 0.5) is 5.69 Å². The minimum absolute atomic E-state index is 0.0417. The van der Waals surface area contributed by atoms with E-state index in [2.05, 4.69) is 9.74 Å². The number of piperazine rings is 1. The average molecular weight is 576 g/mol. The number of para-hydroxylation sites is 2. The monoisotopic (exact) mass is 575 g/mol. The summed E-state index contributed by atoms with van der Waals surface area (Å²) in [4.78, 5) is 6.67. The van der Waals surface area contributed by atoms with Gasteiger partial charge in [0.05, 0.1) is 30.9 Å². The van der Waals surface area contributed by atoms with Gasteiger partial charge in [0, 0.05) is 38.7 Å². The quantitative estimate of drug-likeness (QED) is 0.256. The molecule has 1 aliphatic rings. The number of methoxy groups -OCH3 is 1. The molecule has 1 heterocycles. The predicted molar refractivity (Wildman–Crippen MR) is 149 cm³/mol. The first-order chi connectivity index (χ1) is 18.8. The van der Waals surface area contributed by atoms with Gasteiger partial charge in [0.1, 0.15) is 22.1 Å². The minimum Gasteiger partial charge on any atom is -0.495 e. The smallest absolute Gasteiger partial charge is 0.244 e. The first kappa shape index (κ1) is 28.8. The van der Waals surface area contributed by atoms with Gasteiger partial charge in [0.25, 0.3) is 0 Å². The molecule has 0 radical (unpaired) electrons. The highest BCUT2D eigenvalue weighted by Gasteiger charge is 2.32. The van der Waals surface area contributed by atoms with E-state index >= 15 is 0 Å². The number of sulfonamides is 1. The molecule has 3 aromatic rings. The Labute approximate surface area is 231 Å². The molecule has 4 rings (SSSR count). The van der Waals surface area contributed by atoms with Gasteiger partial charge in [-0.2, -0.15) is 4.31 Å². The zero-order chi connectivity index (χ0) is 27.8. The van der Waals surface area contributed by atoms with Gasteiger partial charge in [-0.05, 0) is 48.9 Å². The van der Waals surface area contributed by atoms with Crippen LogP contribution in [-0.4, -0.2) is 63.4 Å². The summed E-state index contributed by atoms with van der Waals surface area (Å²) in [6, 6.07) is 19.0. The van der Waals surface area contributed by atoms with Gasteiger partial charge in [-0.3, -0.25) is 0 Å². The van der Waals surface area contributed by atoms with Gasteiger partial charge in [-0.1, -0.05) is 24.3 Å². The second-order valence-corrected chi connectivity index (χ2v) is 11.9. The van der Waals surface area contributed by atoms with Crippen molar-refractivity contribution in [3.05, 3.63) is 72.3 Å². The van der Waals surface area contributed by atoms with Crippen molar-refractivity contribution < 1.29 is 31.1 Å². The Balaban J connectivity index is 1.48. The van der Waals surface area contributed by atoms with E-state index < -0.39 is 21.1 Å². The average Bonchev–Trinajstić information content (AvgIpc) is 2.95. The third-order valence-corrected chi connectivity index (χ3v) is 9.33. The number of rotatable bonds is 12. The van der Waals surface area contributed by atoms with E-state index in [9.17, 15) is 12.6 Å². The third kappa shape index (κ3) is 7.08. The van der Waals surface area contributed by atoms with Crippen molar-refractivity contribution in [3.8, 4) is 17.2 Å². The molecule has 0 spiro atoms. The Hall–Kier alpha value is -3.16. The number of hydrogen-bond acceptors (Lipinski definition) is 9. The SMILES string of the molecule is COc1ccccc1N1CCN(S(=O)(=O)c2ccccc2S(=O)Oc2cc(C)cc(OCCCON)c2)CC1. The fourth-order valence-corrected chi connectivity index (χ4v) is 7.11. The van der Waals surface area contributed by atoms with E-state index in [-0.39, 0.29) is 22.9 Å². The van der Waals surface area contributed by atoms with Crippen LogP contribution in [0.2, 0.25) is 0 Å². The maximum absolute atomic E-state index is 13.7. The summed E-state index contributed by atoms with van der Waals surface area (Å²) in [5.74, 6) is 6.61. The molecule has 39 heavy (non-hydrogen) atoms. The standard InChI is InChI=1S/C27H33N3O7S2/c1-21-18-22(35-16-7-17-36-28)20-23(19-21)37-38(31)26-10-5-6-11-27(26)39(32,33)30-14-12-29(13-15-30)24-8-3-4-9-25(24)34-2/h3-6,8-11,18-20H,7,12-17,28H2,1-2H3. The molecule has 0 amide bonds. The fourth-order valence-electron chi connectivity index (χ4n) is 4.31. The Morgan fingerprint density at radius 3 is 2.36 bits per heavy atom. The Morgan fingerprint density at radius 2 is 1.62 bits per heavy atom. The lowest BCUT2D eigenvalue weighted by Gasteiger charge is -2.36. The van der Waals surface area contributed by atoms with Crippen LogP contribution in [0.5, 0.6) is 17.2 Å². The summed E-state index contributed by atoms with van der Waals surface area (Å²) in [6.07, 6.45) is 0.602. The highest BCUT2D eigenvalue weighted by molar-refractivity contribution is 7.90. The summed E-state index contributed by atoms with van der Waals surface area (Å²) in [6.45, 7) is 4.13. The third-order valence-electron chi connectivity index (χ3n) is 6.18. The zero-order valence-electron chi connectivity index (χ0n) is 21.9. The van der Waals surface area contributed by atoms with Gasteiger partial charge in [0.15, 0.2) is 0 Å². The molecule has 0 bridgehead atoms. The van der Waals surface area contributed by atoms with E-state index in [4.69, 9.17) is 19.6 Å². The lowest BCUT2D eigenvalue weighted by atomic mass is 10.2. The molecular formula is C27H33N3O7S2. The number of hydrogen-bond donors (Lipinski definition) is 1.